The fourth-order valence-electron chi connectivity index (χ4n) is 3.40. The van der Waals surface area contributed by atoms with Gasteiger partial charge in [0.2, 0.25) is 0 Å². The Bertz CT molecular complexity index is 438. The monoisotopic (exact) mass is 339 g/mol. The Morgan fingerprint density at radius 2 is 1.90 bits per heavy atom. The Morgan fingerprint density at radius 1 is 1.30 bits per heavy atom. The van der Waals surface area contributed by atoms with E-state index in [1.807, 2.05) is 18.2 Å². The maximum absolute atomic E-state index is 10.9. The topological polar surface area (TPSA) is 23.5 Å². The SMILES string of the molecule is CC1CCC(C(O)Cc2ccccc2Br)(N(C)C)CC1. The number of halogens is 1. The summed E-state index contributed by atoms with van der Waals surface area (Å²) in [4.78, 5) is 2.25. The third-order valence-electron chi connectivity index (χ3n) is 5.02. The van der Waals surface area contributed by atoms with E-state index in [9.17, 15) is 5.11 Å². The number of hydrogen-bond donors (Lipinski definition) is 1. The molecule has 0 spiro atoms. The van der Waals surface area contributed by atoms with Crippen LogP contribution in [0.15, 0.2) is 28.7 Å². The van der Waals surface area contributed by atoms with E-state index in [0.29, 0.717) is 6.42 Å². The largest absolute Gasteiger partial charge is 0.391 e. The zero-order chi connectivity index (χ0) is 14.8. The van der Waals surface area contributed by atoms with Crippen LogP contribution in [-0.4, -0.2) is 35.7 Å². The highest BCUT2D eigenvalue weighted by Crippen LogP contribution is 2.39. The quantitative estimate of drug-likeness (QED) is 0.900. The molecular formula is C17H26BrNO. The lowest BCUT2D eigenvalue weighted by Gasteiger charge is -2.48. The first-order valence-corrected chi connectivity index (χ1v) is 8.34. The van der Waals surface area contributed by atoms with Crippen LogP contribution in [0.25, 0.3) is 0 Å². The third kappa shape index (κ3) is 3.26. The minimum Gasteiger partial charge on any atom is -0.391 e. The minimum absolute atomic E-state index is 0.0677. The molecule has 1 fully saturated rings. The summed E-state index contributed by atoms with van der Waals surface area (Å²) >= 11 is 3.59. The molecule has 1 atom stereocenters. The summed E-state index contributed by atoms with van der Waals surface area (Å²) in [5.74, 6) is 0.790. The molecule has 1 unspecified atom stereocenters. The molecule has 1 aromatic rings. The number of nitrogens with zero attached hydrogens (tertiary/aromatic N) is 1. The Morgan fingerprint density at radius 3 is 2.45 bits per heavy atom. The lowest BCUT2D eigenvalue weighted by Crippen LogP contribution is -2.56. The van der Waals surface area contributed by atoms with E-state index in [1.165, 1.54) is 18.4 Å². The predicted molar refractivity (Wildman–Crippen MR) is 87.9 cm³/mol. The standard InChI is InChI=1S/C17H26BrNO/c1-13-8-10-17(11-9-13,19(2)3)16(20)12-14-6-4-5-7-15(14)18/h4-7,13,16,20H,8-12H2,1-3H3. The van der Waals surface area contributed by atoms with Gasteiger partial charge < -0.3 is 10.0 Å². The summed E-state index contributed by atoms with van der Waals surface area (Å²) in [6.07, 6.45) is 5.01. The molecular weight excluding hydrogens is 314 g/mol. The van der Waals surface area contributed by atoms with E-state index >= 15 is 0 Å². The van der Waals surface area contributed by atoms with Gasteiger partial charge in [0.15, 0.2) is 0 Å². The van der Waals surface area contributed by atoms with Crippen molar-refractivity contribution >= 4 is 15.9 Å². The van der Waals surface area contributed by atoms with Crippen molar-refractivity contribution in [1.29, 1.82) is 0 Å². The van der Waals surface area contributed by atoms with Crippen LogP contribution in [0.1, 0.15) is 38.2 Å². The molecule has 0 aliphatic heterocycles. The van der Waals surface area contributed by atoms with Gasteiger partial charge in [-0.3, -0.25) is 0 Å². The molecule has 20 heavy (non-hydrogen) atoms. The highest BCUT2D eigenvalue weighted by molar-refractivity contribution is 9.10. The van der Waals surface area contributed by atoms with Crippen molar-refractivity contribution in [2.75, 3.05) is 14.1 Å². The van der Waals surface area contributed by atoms with Crippen LogP contribution < -0.4 is 0 Å². The maximum Gasteiger partial charge on any atom is 0.0764 e. The molecule has 2 nitrogen and oxygen atoms in total. The van der Waals surface area contributed by atoms with Gasteiger partial charge in [-0.25, -0.2) is 0 Å². The van der Waals surface area contributed by atoms with Crippen LogP contribution in [0.3, 0.4) is 0 Å². The van der Waals surface area contributed by atoms with Gasteiger partial charge in [0.1, 0.15) is 0 Å². The van der Waals surface area contributed by atoms with Gasteiger partial charge in [-0.2, -0.15) is 0 Å². The number of hydrogen-bond acceptors (Lipinski definition) is 2. The number of aliphatic hydroxyl groups is 1. The summed E-state index contributed by atoms with van der Waals surface area (Å²) in [6.45, 7) is 2.32. The van der Waals surface area contributed by atoms with Crippen LogP contribution in [0.2, 0.25) is 0 Å². The fraction of sp³-hybridized carbons (Fsp3) is 0.647. The molecule has 1 N–H and O–H groups in total. The number of aliphatic hydroxyl groups excluding tert-OH is 1. The molecule has 2 rings (SSSR count). The van der Waals surface area contributed by atoms with Gasteiger partial charge in [0.25, 0.3) is 0 Å². The van der Waals surface area contributed by atoms with Crippen molar-refractivity contribution in [3.8, 4) is 0 Å². The predicted octanol–water partition coefficient (Wildman–Crippen LogP) is 3.86. The molecule has 1 aromatic carbocycles. The Kier molecular flexibility index (Phi) is 5.27. The molecule has 1 aliphatic rings. The van der Waals surface area contributed by atoms with Crippen LogP contribution in [0.5, 0.6) is 0 Å². The molecule has 3 heteroatoms. The van der Waals surface area contributed by atoms with Crippen molar-refractivity contribution < 1.29 is 5.11 Å². The molecule has 0 amide bonds. The second-order valence-electron chi connectivity index (χ2n) is 6.49. The third-order valence-corrected chi connectivity index (χ3v) is 5.80. The lowest BCUT2D eigenvalue weighted by molar-refractivity contribution is -0.0383. The molecule has 0 radical (unpaired) electrons. The number of likely N-dealkylation sites (N-methyl/N-ethyl adjacent to an activating group) is 1. The Balaban J connectivity index is 2.16. The highest BCUT2D eigenvalue weighted by Gasteiger charge is 2.42. The number of rotatable bonds is 4. The summed E-state index contributed by atoms with van der Waals surface area (Å²) in [7, 11) is 4.22. The van der Waals surface area contributed by atoms with Crippen molar-refractivity contribution in [2.45, 2.75) is 50.7 Å². The van der Waals surface area contributed by atoms with Gasteiger partial charge in [-0.15, -0.1) is 0 Å². The van der Waals surface area contributed by atoms with E-state index in [2.05, 4.69) is 47.9 Å². The molecule has 0 saturated heterocycles. The van der Waals surface area contributed by atoms with Gasteiger partial charge in [0.05, 0.1) is 6.10 Å². The summed E-state index contributed by atoms with van der Waals surface area (Å²) in [5.41, 5.74) is 1.13. The molecule has 112 valence electrons. The van der Waals surface area contributed by atoms with Crippen LogP contribution in [0, 0.1) is 5.92 Å². The minimum atomic E-state index is -0.316. The molecule has 0 bridgehead atoms. The second kappa shape index (κ2) is 6.59. The van der Waals surface area contributed by atoms with Gasteiger partial charge in [-0.1, -0.05) is 41.1 Å². The van der Waals surface area contributed by atoms with Crippen molar-refractivity contribution in [3.05, 3.63) is 34.3 Å². The maximum atomic E-state index is 10.9. The van der Waals surface area contributed by atoms with Gasteiger partial charge >= 0.3 is 0 Å². The van der Waals surface area contributed by atoms with E-state index in [1.54, 1.807) is 0 Å². The first-order valence-electron chi connectivity index (χ1n) is 7.54. The first-order chi connectivity index (χ1) is 9.45. The molecule has 1 saturated carbocycles. The van der Waals surface area contributed by atoms with Crippen molar-refractivity contribution in [1.82, 2.24) is 4.90 Å². The van der Waals surface area contributed by atoms with E-state index < -0.39 is 0 Å². The average molecular weight is 340 g/mol. The normalized spacial score (nSPS) is 28.6. The smallest absolute Gasteiger partial charge is 0.0764 e. The lowest BCUT2D eigenvalue weighted by atomic mass is 9.72. The summed E-state index contributed by atoms with van der Waals surface area (Å²) < 4.78 is 1.09. The summed E-state index contributed by atoms with van der Waals surface area (Å²) in [5, 5.41) is 10.9. The molecule has 0 heterocycles. The van der Waals surface area contributed by atoms with E-state index in [-0.39, 0.29) is 11.6 Å². The zero-order valence-corrected chi connectivity index (χ0v) is 14.4. The number of benzene rings is 1. The molecule has 1 aliphatic carbocycles. The van der Waals surface area contributed by atoms with E-state index in [4.69, 9.17) is 0 Å². The van der Waals surface area contributed by atoms with Crippen LogP contribution in [-0.2, 0) is 6.42 Å². The van der Waals surface area contributed by atoms with Crippen molar-refractivity contribution in [3.63, 3.8) is 0 Å². The van der Waals surface area contributed by atoms with Crippen molar-refractivity contribution in [2.24, 2.45) is 5.92 Å². The first kappa shape index (κ1) is 16.0. The van der Waals surface area contributed by atoms with Crippen LogP contribution in [0.4, 0.5) is 0 Å². The second-order valence-corrected chi connectivity index (χ2v) is 7.35. The van der Waals surface area contributed by atoms with E-state index in [0.717, 1.165) is 23.2 Å². The zero-order valence-electron chi connectivity index (χ0n) is 12.8. The van der Waals surface area contributed by atoms with Gasteiger partial charge in [-0.05, 0) is 57.3 Å². The molecule has 0 aromatic heterocycles. The fourth-order valence-corrected chi connectivity index (χ4v) is 3.85. The average Bonchev–Trinajstić information content (AvgIpc) is 2.42. The highest BCUT2D eigenvalue weighted by atomic mass is 79.9. The van der Waals surface area contributed by atoms with Crippen LogP contribution >= 0.6 is 15.9 Å². The Hall–Kier alpha value is -0.380. The van der Waals surface area contributed by atoms with Gasteiger partial charge in [0, 0.05) is 16.4 Å². The summed E-state index contributed by atoms with van der Waals surface area (Å²) in [6, 6.07) is 8.21. The Labute approximate surface area is 131 Å².